The van der Waals surface area contributed by atoms with Crippen molar-refractivity contribution in [2.24, 2.45) is 0 Å². The topological polar surface area (TPSA) is 47.6 Å². The zero-order valence-electron chi connectivity index (χ0n) is 12.6. The van der Waals surface area contributed by atoms with E-state index in [9.17, 15) is 4.79 Å². The van der Waals surface area contributed by atoms with Gasteiger partial charge in [-0.3, -0.25) is 5.32 Å². The zero-order chi connectivity index (χ0) is 14.7. The van der Waals surface area contributed by atoms with E-state index in [1.165, 1.54) is 26.4 Å². The molecule has 0 bridgehead atoms. The first-order chi connectivity index (χ1) is 10.3. The molecule has 2 aliphatic rings. The number of carbonyl (C=O) groups excluding carboxylic acids is 1. The number of methoxy groups -OCH3 is 1. The average molecular weight is 289 g/mol. The summed E-state index contributed by atoms with van der Waals surface area (Å²) in [6.07, 6.45) is 5.95. The first kappa shape index (κ1) is 14.5. The van der Waals surface area contributed by atoms with Crippen molar-refractivity contribution >= 4 is 5.97 Å². The van der Waals surface area contributed by atoms with E-state index in [0.29, 0.717) is 19.3 Å². The Morgan fingerprint density at radius 1 is 1.29 bits per heavy atom. The van der Waals surface area contributed by atoms with Gasteiger partial charge < -0.3 is 9.47 Å². The number of benzene rings is 1. The third-order valence-corrected chi connectivity index (χ3v) is 4.64. The summed E-state index contributed by atoms with van der Waals surface area (Å²) in [6.45, 7) is 0.897. The van der Waals surface area contributed by atoms with E-state index in [-0.39, 0.29) is 5.97 Å². The van der Waals surface area contributed by atoms with E-state index < -0.39 is 5.54 Å². The maximum atomic E-state index is 12.6. The lowest BCUT2D eigenvalue weighted by molar-refractivity contribution is -0.154. The molecule has 1 fully saturated rings. The molecule has 0 spiro atoms. The minimum Gasteiger partial charge on any atom is -0.467 e. The Labute approximate surface area is 125 Å². The van der Waals surface area contributed by atoms with Gasteiger partial charge in [-0.25, -0.2) is 4.79 Å². The third-order valence-electron chi connectivity index (χ3n) is 4.64. The first-order valence-corrected chi connectivity index (χ1v) is 7.78. The van der Waals surface area contributed by atoms with Crippen molar-refractivity contribution in [2.45, 2.75) is 50.3 Å². The fourth-order valence-corrected chi connectivity index (χ4v) is 3.57. The van der Waals surface area contributed by atoms with Gasteiger partial charge in [-0.2, -0.15) is 0 Å². The van der Waals surface area contributed by atoms with Gasteiger partial charge in [0, 0.05) is 6.04 Å². The molecule has 1 heterocycles. The Balaban J connectivity index is 1.96. The number of esters is 1. The Bertz CT molecular complexity index is 511. The molecule has 1 aliphatic heterocycles. The summed E-state index contributed by atoms with van der Waals surface area (Å²) in [5, 5.41) is 3.58. The summed E-state index contributed by atoms with van der Waals surface area (Å²) in [4.78, 5) is 12.6. The van der Waals surface area contributed by atoms with E-state index in [1.807, 2.05) is 24.3 Å². The smallest absolute Gasteiger partial charge is 0.333 e. The van der Waals surface area contributed by atoms with Gasteiger partial charge in [-0.15, -0.1) is 0 Å². The quantitative estimate of drug-likeness (QED) is 0.869. The van der Waals surface area contributed by atoms with Crippen molar-refractivity contribution in [1.29, 1.82) is 0 Å². The second-order valence-electron chi connectivity index (χ2n) is 6.03. The molecule has 1 aromatic rings. The van der Waals surface area contributed by atoms with Gasteiger partial charge in [0.1, 0.15) is 0 Å². The maximum Gasteiger partial charge on any atom is 0.333 e. The lowest BCUT2D eigenvalue weighted by Gasteiger charge is -2.40. The highest BCUT2D eigenvalue weighted by atomic mass is 16.5. The predicted molar refractivity (Wildman–Crippen MR) is 79.8 cm³/mol. The van der Waals surface area contributed by atoms with Crippen LogP contribution >= 0.6 is 0 Å². The summed E-state index contributed by atoms with van der Waals surface area (Å²) in [7, 11) is 1.45. The molecule has 0 aromatic heterocycles. The Hall–Kier alpha value is -1.39. The summed E-state index contributed by atoms with van der Waals surface area (Å²) in [6, 6.07) is 8.35. The molecule has 1 aromatic carbocycles. The van der Waals surface area contributed by atoms with E-state index in [1.54, 1.807) is 0 Å². The second kappa shape index (κ2) is 6.16. The number of rotatable bonds is 3. The normalized spacial score (nSPS) is 26.1. The van der Waals surface area contributed by atoms with Crippen molar-refractivity contribution in [3.63, 3.8) is 0 Å². The van der Waals surface area contributed by atoms with Gasteiger partial charge in [-0.05, 0) is 24.0 Å². The number of hydrogen-bond donors (Lipinski definition) is 1. The molecule has 3 rings (SSSR count). The Morgan fingerprint density at radius 2 is 2.05 bits per heavy atom. The monoisotopic (exact) mass is 289 g/mol. The Morgan fingerprint density at radius 3 is 2.81 bits per heavy atom. The van der Waals surface area contributed by atoms with Crippen molar-refractivity contribution in [3.8, 4) is 0 Å². The van der Waals surface area contributed by atoms with Crippen LogP contribution < -0.4 is 5.32 Å². The fraction of sp³-hybridized carbons (Fsp3) is 0.588. The molecular weight excluding hydrogens is 266 g/mol. The highest BCUT2D eigenvalue weighted by Crippen LogP contribution is 2.33. The summed E-state index contributed by atoms with van der Waals surface area (Å²) >= 11 is 0. The average Bonchev–Trinajstić information content (AvgIpc) is 2.55. The zero-order valence-corrected chi connectivity index (χ0v) is 12.6. The summed E-state index contributed by atoms with van der Waals surface area (Å²) in [5.74, 6) is -0.250. The van der Waals surface area contributed by atoms with Crippen LogP contribution in [0.25, 0.3) is 0 Å². The molecule has 1 aliphatic carbocycles. The van der Waals surface area contributed by atoms with Crippen LogP contribution in [0.4, 0.5) is 0 Å². The van der Waals surface area contributed by atoms with Gasteiger partial charge in [0.25, 0.3) is 0 Å². The van der Waals surface area contributed by atoms with Crippen LogP contribution in [0.2, 0.25) is 0 Å². The van der Waals surface area contributed by atoms with Crippen LogP contribution in [0.15, 0.2) is 24.3 Å². The van der Waals surface area contributed by atoms with Gasteiger partial charge in [0.2, 0.25) is 0 Å². The van der Waals surface area contributed by atoms with Crippen molar-refractivity contribution in [3.05, 3.63) is 35.4 Å². The summed E-state index contributed by atoms with van der Waals surface area (Å²) < 4.78 is 10.8. The third kappa shape index (κ3) is 2.70. The Kier molecular flexibility index (Phi) is 4.27. The van der Waals surface area contributed by atoms with Crippen LogP contribution in [0, 0.1) is 0 Å². The van der Waals surface area contributed by atoms with E-state index >= 15 is 0 Å². The van der Waals surface area contributed by atoms with Gasteiger partial charge in [-0.1, -0.05) is 43.5 Å². The molecule has 21 heavy (non-hydrogen) atoms. The van der Waals surface area contributed by atoms with E-state index in [2.05, 4.69) is 5.32 Å². The SMILES string of the molecule is COC(=O)C1(NC2CCCCC2)COCc2ccccc21. The number of carbonyl (C=O) groups is 1. The molecule has 1 atom stereocenters. The highest BCUT2D eigenvalue weighted by molar-refractivity contribution is 5.83. The van der Waals surface area contributed by atoms with Crippen LogP contribution in [-0.2, 0) is 26.4 Å². The first-order valence-electron chi connectivity index (χ1n) is 7.78. The molecule has 114 valence electrons. The lowest BCUT2D eigenvalue weighted by Crippen LogP contribution is -2.58. The van der Waals surface area contributed by atoms with Gasteiger partial charge in [0.05, 0.1) is 20.3 Å². The van der Waals surface area contributed by atoms with Crippen LogP contribution in [0.5, 0.6) is 0 Å². The van der Waals surface area contributed by atoms with Gasteiger partial charge >= 0.3 is 5.97 Å². The largest absolute Gasteiger partial charge is 0.467 e. The van der Waals surface area contributed by atoms with Crippen LogP contribution in [0.3, 0.4) is 0 Å². The van der Waals surface area contributed by atoms with Crippen LogP contribution in [-0.4, -0.2) is 25.7 Å². The van der Waals surface area contributed by atoms with Crippen molar-refractivity contribution in [2.75, 3.05) is 13.7 Å². The second-order valence-corrected chi connectivity index (χ2v) is 6.03. The molecule has 4 nitrogen and oxygen atoms in total. The number of ether oxygens (including phenoxy) is 2. The number of nitrogens with one attached hydrogen (secondary N) is 1. The fourth-order valence-electron chi connectivity index (χ4n) is 3.57. The van der Waals surface area contributed by atoms with Crippen LogP contribution in [0.1, 0.15) is 43.2 Å². The maximum absolute atomic E-state index is 12.6. The van der Waals surface area contributed by atoms with Crippen molar-refractivity contribution in [1.82, 2.24) is 5.32 Å². The molecule has 1 saturated carbocycles. The molecule has 0 radical (unpaired) electrons. The van der Waals surface area contributed by atoms with E-state index in [0.717, 1.165) is 24.0 Å². The molecule has 0 amide bonds. The molecule has 1 unspecified atom stereocenters. The standard InChI is InChI=1S/C17H23NO3/c1-20-16(19)17(18-14-8-3-2-4-9-14)12-21-11-13-7-5-6-10-15(13)17/h5-7,10,14,18H,2-4,8-9,11-12H2,1H3. The minimum absolute atomic E-state index is 0.250. The van der Waals surface area contributed by atoms with Gasteiger partial charge in [0.15, 0.2) is 5.54 Å². The van der Waals surface area contributed by atoms with E-state index in [4.69, 9.17) is 9.47 Å². The molecule has 1 N–H and O–H groups in total. The number of hydrogen-bond acceptors (Lipinski definition) is 4. The van der Waals surface area contributed by atoms with Crippen molar-refractivity contribution < 1.29 is 14.3 Å². The molecule has 0 saturated heterocycles. The highest BCUT2D eigenvalue weighted by Gasteiger charge is 2.46. The summed E-state index contributed by atoms with van der Waals surface area (Å²) in [5.41, 5.74) is 1.22. The number of fused-ring (bicyclic) bond motifs is 1. The lowest BCUT2D eigenvalue weighted by atomic mass is 9.83. The molecule has 4 heteroatoms. The molecular formula is C17H23NO3. The predicted octanol–water partition coefficient (Wildman–Crippen LogP) is 2.51. The minimum atomic E-state index is -0.856.